The number of carbonyl (C=O) groups is 1. The minimum Gasteiger partial charge on any atom is -0.439 e. The number of Topliss-reactive ketones (excluding diaryl/α,β-unsaturated/α-hetero) is 1. The molecule has 4 rings (SSSR count). The fourth-order valence-corrected chi connectivity index (χ4v) is 3.37. The zero-order valence-corrected chi connectivity index (χ0v) is 18.9. The molecule has 0 aliphatic heterocycles. The van der Waals surface area contributed by atoms with Crippen LogP contribution in [-0.2, 0) is 17.8 Å². The number of hydrogen-bond donors (Lipinski definition) is 1. The third-order valence-electron chi connectivity index (χ3n) is 4.83. The van der Waals surface area contributed by atoms with E-state index in [9.17, 15) is 14.0 Å². The van der Waals surface area contributed by atoms with Crippen LogP contribution in [0.5, 0.6) is 11.6 Å². The maximum absolute atomic E-state index is 13.3. The van der Waals surface area contributed by atoms with Crippen LogP contribution in [-0.4, -0.2) is 20.3 Å². The van der Waals surface area contributed by atoms with E-state index in [4.69, 9.17) is 16.3 Å². The van der Waals surface area contributed by atoms with Crippen LogP contribution in [0.25, 0.3) is 0 Å². The van der Waals surface area contributed by atoms with Gasteiger partial charge in [-0.2, -0.15) is 9.37 Å². The Morgan fingerprint density at radius 2 is 1.82 bits per heavy atom. The molecule has 0 spiro atoms. The quantitative estimate of drug-likeness (QED) is 0.353. The number of halogens is 2. The second kappa shape index (κ2) is 10.3. The van der Waals surface area contributed by atoms with Gasteiger partial charge in [0.2, 0.25) is 17.8 Å². The van der Waals surface area contributed by atoms with Crippen molar-refractivity contribution in [1.82, 2.24) is 14.5 Å². The van der Waals surface area contributed by atoms with Crippen molar-refractivity contribution >= 4 is 29.0 Å². The summed E-state index contributed by atoms with van der Waals surface area (Å²) >= 11 is 5.98. The predicted molar refractivity (Wildman–Crippen MR) is 127 cm³/mol. The third kappa shape index (κ3) is 5.85. The normalized spacial score (nSPS) is 10.7. The van der Waals surface area contributed by atoms with Crippen LogP contribution in [0.3, 0.4) is 0 Å². The molecule has 0 saturated carbocycles. The summed E-state index contributed by atoms with van der Waals surface area (Å²) in [5.41, 5.74) is 1.51. The van der Waals surface area contributed by atoms with Crippen LogP contribution in [0.1, 0.15) is 18.1 Å². The fraction of sp³-hybridized carbons (Fsp3) is 0.120. The van der Waals surface area contributed by atoms with Crippen LogP contribution >= 0.6 is 11.6 Å². The number of ketones is 1. The van der Waals surface area contributed by atoms with Gasteiger partial charge in [-0.05, 0) is 55.0 Å². The Labute approximate surface area is 199 Å². The van der Waals surface area contributed by atoms with Gasteiger partial charge in [-0.15, -0.1) is 0 Å². The molecule has 4 aromatic rings. The van der Waals surface area contributed by atoms with Crippen LogP contribution in [0.15, 0.2) is 77.7 Å². The Hall–Kier alpha value is -4.04. The van der Waals surface area contributed by atoms with Crippen molar-refractivity contribution in [1.29, 1.82) is 0 Å². The maximum Gasteiger partial charge on any atom is 0.258 e. The minimum atomic E-state index is -0.631. The molecular formula is C25H20ClFN4O3. The lowest BCUT2D eigenvalue weighted by molar-refractivity contribution is -0.116. The summed E-state index contributed by atoms with van der Waals surface area (Å²) in [4.78, 5) is 32.8. The first-order chi connectivity index (χ1) is 16.4. The van der Waals surface area contributed by atoms with E-state index in [0.29, 0.717) is 28.0 Å². The van der Waals surface area contributed by atoms with Crippen molar-refractivity contribution in [3.05, 3.63) is 105 Å². The number of nitrogens with one attached hydrogen (secondary N) is 1. The van der Waals surface area contributed by atoms with E-state index >= 15 is 0 Å². The molecule has 0 radical (unpaired) electrons. The van der Waals surface area contributed by atoms with Crippen molar-refractivity contribution in [2.75, 3.05) is 5.32 Å². The van der Waals surface area contributed by atoms with E-state index in [0.717, 1.165) is 5.56 Å². The average molecular weight is 479 g/mol. The predicted octanol–water partition coefficient (Wildman–Crippen LogP) is 5.15. The molecule has 9 heteroatoms. The highest BCUT2D eigenvalue weighted by Crippen LogP contribution is 2.23. The number of carbonyl (C=O) groups excluding carboxylic acids is 1. The molecule has 1 N–H and O–H groups in total. The molecule has 0 amide bonds. The van der Waals surface area contributed by atoms with Gasteiger partial charge < -0.3 is 10.1 Å². The van der Waals surface area contributed by atoms with Crippen molar-refractivity contribution < 1.29 is 13.9 Å². The number of ether oxygens (including phenoxy) is 1. The molecule has 34 heavy (non-hydrogen) atoms. The van der Waals surface area contributed by atoms with E-state index in [2.05, 4.69) is 15.3 Å². The number of aromatic nitrogens is 3. The Morgan fingerprint density at radius 3 is 2.50 bits per heavy atom. The lowest BCUT2D eigenvalue weighted by atomic mass is 10.2. The molecule has 2 aromatic heterocycles. The summed E-state index contributed by atoms with van der Waals surface area (Å²) in [7, 11) is 0. The number of benzene rings is 2. The summed E-state index contributed by atoms with van der Waals surface area (Å²) < 4.78 is 20.3. The SMILES string of the molecule is CC(=O)Cc1cnc(Nc2ccc(Oc3cccc(F)n3)cc2)n(Cc2ccc(Cl)cc2)c1=O. The molecule has 0 saturated heterocycles. The van der Waals surface area contributed by atoms with E-state index < -0.39 is 5.95 Å². The molecule has 7 nitrogen and oxygen atoms in total. The van der Waals surface area contributed by atoms with Gasteiger partial charge in [0.05, 0.1) is 6.54 Å². The summed E-state index contributed by atoms with van der Waals surface area (Å²) in [6.07, 6.45) is 1.42. The van der Waals surface area contributed by atoms with E-state index in [-0.39, 0.29) is 30.2 Å². The average Bonchev–Trinajstić information content (AvgIpc) is 2.80. The highest BCUT2D eigenvalue weighted by atomic mass is 35.5. The molecule has 0 unspecified atom stereocenters. The molecule has 0 fully saturated rings. The van der Waals surface area contributed by atoms with Crippen LogP contribution in [0, 0.1) is 5.95 Å². The largest absolute Gasteiger partial charge is 0.439 e. The number of hydrogen-bond acceptors (Lipinski definition) is 6. The Kier molecular flexibility index (Phi) is 6.98. The molecule has 2 aromatic carbocycles. The summed E-state index contributed by atoms with van der Waals surface area (Å²) in [6, 6.07) is 18.3. The van der Waals surface area contributed by atoms with Crippen molar-refractivity contribution in [3.63, 3.8) is 0 Å². The van der Waals surface area contributed by atoms with Crippen molar-refractivity contribution in [2.24, 2.45) is 0 Å². The Morgan fingerprint density at radius 1 is 1.09 bits per heavy atom. The molecule has 0 atom stereocenters. The number of nitrogens with zero attached hydrogens (tertiary/aromatic N) is 3. The monoisotopic (exact) mass is 478 g/mol. The summed E-state index contributed by atoms with van der Waals surface area (Å²) in [6.45, 7) is 1.67. The zero-order valence-electron chi connectivity index (χ0n) is 18.2. The van der Waals surface area contributed by atoms with Gasteiger partial charge in [-0.3, -0.25) is 14.2 Å². The van der Waals surface area contributed by atoms with E-state index in [1.165, 1.54) is 29.8 Å². The molecule has 0 aliphatic carbocycles. The van der Waals surface area contributed by atoms with Crippen molar-refractivity contribution in [3.8, 4) is 11.6 Å². The number of rotatable bonds is 8. The molecule has 172 valence electrons. The number of anilines is 2. The number of pyridine rings is 1. The molecule has 0 bridgehead atoms. The van der Waals surface area contributed by atoms with Crippen LogP contribution in [0.2, 0.25) is 5.02 Å². The second-order valence-corrected chi connectivity index (χ2v) is 7.99. The van der Waals surface area contributed by atoms with Gasteiger partial charge in [-0.1, -0.05) is 29.8 Å². The third-order valence-corrected chi connectivity index (χ3v) is 5.09. The highest BCUT2D eigenvalue weighted by molar-refractivity contribution is 6.30. The van der Waals surface area contributed by atoms with Crippen molar-refractivity contribution in [2.45, 2.75) is 19.9 Å². The van der Waals surface area contributed by atoms with Gasteiger partial charge in [0.15, 0.2) is 0 Å². The first kappa shape index (κ1) is 23.1. The lowest BCUT2D eigenvalue weighted by Crippen LogP contribution is -2.28. The van der Waals surface area contributed by atoms with E-state index in [1.807, 2.05) is 12.1 Å². The second-order valence-electron chi connectivity index (χ2n) is 7.55. The summed E-state index contributed by atoms with van der Waals surface area (Å²) in [5.74, 6) is 0.162. The zero-order chi connectivity index (χ0) is 24.1. The van der Waals surface area contributed by atoms with Crippen LogP contribution in [0.4, 0.5) is 16.0 Å². The Bertz CT molecular complexity index is 1370. The van der Waals surface area contributed by atoms with Gasteiger partial charge in [0.25, 0.3) is 5.56 Å². The van der Waals surface area contributed by atoms with Gasteiger partial charge in [-0.25, -0.2) is 4.98 Å². The maximum atomic E-state index is 13.3. The molecule has 2 heterocycles. The standard InChI is InChI=1S/C25H20ClFN4O3/c1-16(32)13-18-14-28-25(31(24(18)33)15-17-5-7-19(26)8-6-17)29-20-9-11-21(12-10-20)34-23-4-2-3-22(27)30-23/h2-12,14H,13,15H2,1H3,(H,28,29). The molecule has 0 aliphatic rings. The van der Waals surface area contributed by atoms with Gasteiger partial charge in [0, 0.05) is 35.0 Å². The fourth-order valence-electron chi connectivity index (χ4n) is 3.24. The van der Waals surface area contributed by atoms with E-state index in [1.54, 1.807) is 42.5 Å². The minimum absolute atomic E-state index is 0.00683. The topological polar surface area (TPSA) is 86.1 Å². The molecular weight excluding hydrogens is 459 g/mol. The Balaban J connectivity index is 1.60. The van der Waals surface area contributed by atoms with Gasteiger partial charge >= 0.3 is 0 Å². The first-order valence-corrected chi connectivity index (χ1v) is 10.8. The highest BCUT2D eigenvalue weighted by Gasteiger charge is 2.13. The summed E-state index contributed by atoms with van der Waals surface area (Å²) in [5, 5.41) is 3.73. The lowest BCUT2D eigenvalue weighted by Gasteiger charge is -2.15. The van der Waals surface area contributed by atoms with Crippen LogP contribution < -0.4 is 15.6 Å². The first-order valence-electron chi connectivity index (χ1n) is 10.4. The van der Waals surface area contributed by atoms with Gasteiger partial charge in [0.1, 0.15) is 11.5 Å². The smallest absolute Gasteiger partial charge is 0.258 e.